The second-order valence-corrected chi connectivity index (χ2v) is 16.7. The highest BCUT2D eigenvalue weighted by molar-refractivity contribution is 5.70. The van der Waals surface area contributed by atoms with Gasteiger partial charge in [-0.15, -0.1) is 0 Å². The van der Waals surface area contributed by atoms with Gasteiger partial charge in [0.1, 0.15) is 6.61 Å². The average Bonchev–Trinajstić information content (AvgIpc) is 3.25. The molecular formula is C55H96O5. The van der Waals surface area contributed by atoms with Crippen LogP contribution in [0.1, 0.15) is 239 Å². The van der Waals surface area contributed by atoms with E-state index in [0.717, 1.165) is 83.5 Å². The lowest BCUT2D eigenvalue weighted by atomic mass is 10.0. The van der Waals surface area contributed by atoms with Gasteiger partial charge in [-0.3, -0.25) is 9.59 Å². The summed E-state index contributed by atoms with van der Waals surface area (Å²) in [6.07, 6.45) is 65.1. The van der Waals surface area contributed by atoms with Gasteiger partial charge in [0, 0.05) is 19.4 Å². The van der Waals surface area contributed by atoms with Crippen LogP contribution in [0.5, 0.6) is 0 Å². The molecule has 0 aromatic heterocycles. The second-order valence-electron chi connectivity index (χ2n) is 16.7. The molecule has 0 aromatic rings. The fourth-order valence-electron chi connectivity index (χ4n) is 7.00. The number of allylic oxidation sites excluding steroid dienone is 12. The van der Waals surface area contributed by atoms with Crippen LogP contribution in [-0.4, -0.2) is 37.9 Å². The first-order chi connectivity index (χ1) is 29.6. The van der Waals surface area contributed by atoms with Gasteiger partial charge >= 0.3 is 11.9 Å². The fourth-order valence-corrected chi connectivity index (χ4v) is 7.00. The summed E-state index contributed by atoms with van der Waals surface area (Å²) in [5.74, 6) is -0.430. The summed E-state index contributed by atoms with van der Waals surface area (Å²) in [5, 5.41) is 0. The summed E-state index contributed by atoms with van der Waals surface area (Å²) in [7, 11) is 0. The third-order valence-electron chi connectivity index (χ3n) is 10.8. The van der Waals surface area contributed by atoms with Crippen molar-refractivity contribution in [2.45, 2.75) is 245 Å². The molecule has 0 fully saturated rings. The summed E-state index contributed by atoms with van der Waals surface area (Å²) in [6.45, 7) is 7.55. The Balaban J connectivity index is 4.21. The number of unbranched alkanes of at least 4 members (excludes halogenated alkanes) is 23. The monoisotopic (exact) mass is 837 g/mol. The van der Waals surface area contributed by atoms with Crippen molar-refractivity contribution in [1.29, 1.82) is 0 Å². The van der Waals surface area contributed by atoms with Crippen molar-refractivity contribution >= 4 is 11.9 Å². The van der Waals surface area contributed by atoms with E-state index in [4.69, 9.17) is 14.2 Å². The van der Waals surface area contributed by atoms with Gasteiger partial charge in [0.05, 0.1) is 6.61 Å². The minimum Gasteiger partial charge on any atom is -0.462 e. The maximum absolute atomic E-state index is 12.7. The van der Waals surface area contributed by atoms with E-state index in [0.29, 0.717) is 19.4 Å². The molecule has 5 nitrogen and oxygen atoms in total. The standard InChI is InChI=1S/C55H96O5/c1-4-7-10-13-16-18-20-22-24-26-27-28-30-32-34-36-38-41-44-47-50-58-51-53(60-55(57)49-46-43-39-15-12-9-6-3)52-59-54(56)48-45-42-40-37-35-33-31-29-25-23-21-19-17-14-11-8-5-2/h7,10,16,18,22,24,27-28,32,34,38,41,53H,4-6,8-9,11-15,17,19-21,23,25-26,29-31,33,35-37,39-40,42-52H2,1-3H3/b10-7-,18-16-,24-22-,28-27-,34-32-,41-38-. The molecule has 0 amide bonds. The summed E-state index contributed by atoms with van der Waals surface area (Å²) < 4.78 is 17.3. The van der Waals surface area contributed by atoms with Crippen LogP contribution in [0.4, 0.5) is 0 Å². The van der Waals surface area contributed by atoms with E-state index in [-0.39, 0.29) is 25.2 Å². The van der Waals surface area contributed by atoms with Crippen molar-refractivity contribution in [2.75, 3.05) is 19.8 Å². The van der Waals surface area contributed by atoms with Gasteiger partial charge in [0.15, 0.2) is 6.10 Å². The maximum Gasteiger partial charge on any atom is 0.306 e. The molecule has 5 heteroatoms. The van der Waals surface area contributed by atoms with E-state index < -0.39 is 6.10 Å². The normalized spacial score (nSPS) is 12.8. The zero-order valence-electron chi connectivity index (χ0n) is 39.7. The van der Waals surface area contributed by atoms with E-state index >= 15 is 0 Å². The number of ether oxygens (including phenoxy) is 3. The molecule has 346 valence electrons. The van der Waals surface area contributed by atoms with Gasteiger partial charge in [0.25, 0.3) is 0 Å². The minimum absolute atomic E-state index is 0.0632. The van der Waals surface area contributed by atoms with Crippen LogP contribution >= 0.6 is 0 Å². The summed E-state index contributed by atoms with van der Waals surface area (Å²) >= 11 is 0. The van der Waals surface area contributed by atoms with Crippen LogP contribution in [0.25, 0.3) is 0 Å². The molecule has 0 aliphatic rings. The molecule has 0 N–H and O–H groups in total. The van der Waals surface area contributed by atoms with Crippen molar-refractivity contribution in [3.63, 3.8) is 0 Å². The van der Waals surface area contributed by atoms with Crippen LogP contribution < -0.4 is 0 Å². The van der Waals surface area contributed by atoms with Crippen molar-refractivity contribution in [1.82, 2.24) is 0 Å². The molecule has 0 aliphatic heterocycles. The van der Waals surface area contributed by atoms with Crippen LogP contribution in [0.3, 0.4) is 0 Å². The molecule has 0 saturated heterocycles. The largest absolute Gasteiger partial charge is 0.462 e. The molecule has 0 bridgehead atoms. The Morgan fingerprint density at radius 2 is 0.733 bits per heavy atom. The van der Waals surface area contributed by atoms with E-state index in [9.17, 15) is 9.59 Å². The van der Waals surface area contributed by atoms with Crippen molar-refractivity contribution in [3.05, 3.63) is 72.9 Å². The molecule has 0 aliphatic carbocycles. The zero-order chi connectivity index (χ0) is 43.5. The Kier molecular flexibility index (Phi) is 48.4. The minimum atomic E-state index is -0.563. The maximum atomic E-state index is 12.7. The Labute approximate surface area is 372 Å². The van der Waals surface area contributed by atoms with Gasteiger partial charge in [-0.2, -0.15) is 0 Å². The van der Waals surface area contributed by atoms with Gasteiger partial charge in [0.2, 0.25) is 0 Å². The molecule has 1 unspecified atom stereocenters. The second kappa shape index (κ2) is 50.7. The first kappa shape index (κ1) is 57.3. The number of carbonyl (C=O) groups is 2. The number of hydrogen-bond donors (Lipinski definition) is 0. The van der Waals surface area contributed by atoms with Crippen LogP contribution in [0.15, 0.2) is 72.9 Å². The van der Waals surface area contributed by atoms with Gasteiger partial charge in [-0.1, -0.05) is 235 Å². The molecule has 0 rings (SSSR count). The molecule has 0 spiro atoms. The van der Waals surface area contributed by atoms with Gasteiger partial charge < -0.3 is 14.2 Å². The smallest absolute Gasteiger partial charge is 0.306 e. The van der Waals surface area contributed by atoms with E-state index in [2.05, 4.69) is 93.7 Å². The van der Waals surface area contributed by atoms with Crippen LogP contribution in [0.2, 0.25) is 0 Å². The average molecular weight is 837 g/mol. The van der Waals surface area contributed by atoms with Crippen molar-refractivity contribution in [3.8, 4) is 0 Å². The van der Waals surface area contributed by atoms with Crippen LogP contribution in [-0.2, 0) is 23.8 Å². The SMILES string of the molecule is CC/C=C\C/C=C\C/C=C\C/C=C\C/C=C\C/C=C\CCCOCC(COC(=O)CCCCCCCCCCCCCCCCCCC)OC(=O)CCCCCCCCC. The summed E-state index contributed by atoms with van der Waals surface area (Å²) in [5.41, 5.74) is 0. The van der Waals surface area contributed by atoms with E-state index in [1.54, 1.807) is 0 Å². The molecule has 0 heterocycles. The highest BCUT2D eigenvalue weighted by Gasteiger charge is 2.17. The first-order valence-corrected chi connectivity index (χ1v) is 25.5. The summed E-state index contributed by atoms with van der Waals surface area (Å²) in [4.78, 5) is 25.2. The Morgan fingerprint density at radius 3 is 1.13 bits per heavy atom. The van der Waals surface area contributed by atoms with E-state index in [1.165, 1.54) is 122 Å². The molecule has 1 atom stereocenters. The lowest BCUT2D eigenvalue weighted by molar-refractivity contribution is -0.163. The number of hydrogen-bond acceptors (Lipinski definition) is 5. The molecule has 0 radical (unpaired) electrons. The Bertz CT molecular complexity index is 1080. The van der Waals surface area contributed by atoms with Crippen molar-refractivity contribution in [2.24, 2.45) is 0 Å². The third kappa shape index (κ3) is 48.0. The summed E-state index contributed by atoms with van der Waals surface area (Å²) in [6, 6.07) is 0. The first-order valence-electron chi connectivity index (χ1n) is 25.5. The predicted molar refractivity (Wildman–Crippen MR) is 260 cm³/mol. The Hall–Kier alpha value is -2.66. The molecule has 60 heavy (non-hydrogen) atoms. The van der Waals surface area contributed by atoms with Gasteiger partial charge in [-0.25, -0.2) is 0 Å². The highest BCUT2D eigenvalue weighted by Crippen LogP contribution is 2.15. The lowest BCUT2D eigenvalue weighted by Gasteiger charge is -2.18. The fraction of sp³-hybridized carbons (Fsp3) is 0.745. The predicted octanol–water partition coefficient (Wildman–Crippen LogP) is 17.1. The lowest BCUT2D eigenvalue weighted by Crippen LogP contribution is -2.30. The van der Waals surface area contributed by atoms with Crippen molar-refractivity contribution < 1.29 is 23.8 Å². The number of esters is 2. The number of rotatable bonds is 46. The van der Waals surface area contributed by atoms with Gasteiger partial charge in [-0.05, 0) is 64.2 Å². The molecule has 0 saturated carbocycles. The topological polar surface area (TPSA) is 61.8 Å². The quantitative estimate of drug-likeness (QED) is 0.0347. The Morgan fingerprint density at radius 1 is 0.383 bits per heavy atom. The molecular weight excluding hydrogens is 741 g/mol. The third-order valence-corrected chi connectivity index (χ3v) is 10.8. The molecule has 0 aromatic carbocycles. The zero-order valence-corrected chi connectivity index (χ0v) is 39.7. The van der Waals surface area contributed by atoms with E-state index in [1.807, 2.05) is 0 Å². The van der Waals surface area contributed by atoms with Crippen LogP contribution in [0, 0.1) is 0 Å². The highest BCUT2D eigenvalue weighted by atomic mass is 16.6. The number of carbonyl (C=O) groups excluding carboxylic acids is 2.